The quantitative estimate of drug-likeness (QED) is 0.897. The summed E-state index contributed by atoms with van der Waals surface area (Å²) < 4.78 is 5.31. The highest BCUT2D eigenvalue weighted by molar-refractivity contribution is 5.41. The Hall–Kier alpha value is -1.26. The van der Waals surface area contributed by atoms with E-state index in [1.165, 1.54) is 0 Å². The molecule has 3 rings (SSSR count). The number of benzene rings is 1. The Morgan fingerprint density at radius 2 is 2.14 bits per heavy atom. The lowest BCUT2D eigenvalue weighted by Crippen LogP contribution is -2.45. The van der Waals surface area contributed by atoms with Crippen molar-refractivity contribution < 1.29 is 9.84 Å². The molecule has 116 valence electrons. The van der Waals surface area contributed by atoms with E-state index < -0.39 is 0 Å². The van der Waals surface area contributed by atoms with Gasteiger partial charge in [-0.1, -0.05) is 0 Å². The van der Waals surface area contributed by atoms with E-state index in [4.69, 9.17) is 4.74 Å². The van der Waals surface area contributed by atoms with Crippen LogP contribution in [-0.4, -0.2) is 42.3 Å². The van der Waals surface area contributed by atoms with Gasteiger partial charge in [-0.15, -0.1) is 0 Å². The Morgan fingerprint density at radius 1 is 1.38 bits per heavy atom. The molecule has 3 unspecified atom stereocenters. The number of aromatic hydroxyl groups is 1. The van der Waals surface area contributed by atoms with Crippen LogP contribution in [0.5, 0.6) is 11.5 Å². The van der Waals surface area contributed by atoms with Crippen molar-refractivity contribution in [2.75, 3.05) is 26.7 Å². The van der Waals surface area contributed by atoms with Crippen LogP contribution in [0.3, 0.4) is 0 Å². The van der Waals surface area contributed by atoms with Crippen LogP contribution >= 0.6 is 0 Å². The molecule has 2 fully saturated rings. The molecule has 3 atom stereocenters. The lowest BCUT2D eigenvalue weighted by molar-refractivity contribution is 0.0957. The number of nitrogens with zero attached hydrogens (tertiary/aromatic N) is 1. The molecule has 1 aromatic rings. The van der Waals surface area contributed by atoms with E-state index >= 15 is 0 Å². The van der Waals surface area contributed by atoms with Crippen LogP contribution in [0.1, 0.15) is 32.4 Å². The molecule has 2 aliphatic heterocycles. The van der Waals surface area contributed by atoms with Crippen molar-refractivity contribution >= 4 is 0 Å². The molecule has 0 aliphatic carbocycles. The highest BCUT2D eigenvalue weighted by Gasteiger charge is 2.51. The summed E-state index contributed by atoms with van der Waals surface area (Å²) in [5, 5.41) is 13.8. The van der Waals surface area contributed by atoms with E-state index in [9.17, 15) is 5.11 Å². The highest BCUT2D eigenvalue weighted by Crippen LogP contribution is 2.46. The van der Waals surface area contributed by atoms with E-state index in [1.807, 2.05) is 6.07 Å². The van der Waals surface area contributed by atoms with Crippen molar-refractivity contribution in [3.8, 4) is 11.5 Å². The molecule has 2 aliphatic rings. The first-order chi connectivity index (χ1) is 9.95. The number of phenolic OH excluding ortho intramolecular Hbond substituents is 1. The third-order valence-corrected chi connectivity index (χ3v) is 5.57. The first kappa shape index (κ1) is 14.7. The van der Waals surface area contributed by atoms with Crippen LogP contribution in [-0.2, 0) is 0 Å². The first-order valence-electron chi connectivity index (χ1n) is 7.79. The topological polar surface area (TPSA) is 44.7 Å². The molecule has 0 aromatic heterocycles. The number of nitrogens with one attached hydrogen (secondary N) is 1. The van der Waals surface area contributed by atoms with Crippen molar-refractivity contribution in [2.45, 2.75) is 32.4 Å². The summed E-state index contributed by atoms with van der Waals surface area (Å²) in [7, 11) is 1.66. The monoisotopic (exact) mass is 290 g/mol. The zero-order valence-corrected chi connectivity index (χ0v) is 13.4. The van der Waals surface area contributed by atoms with Gasteiger partial charge in [0, 0.05) is 30.2 Å². The molecule has 2 N–H and O–H groups in total. The van der Waals surface area contributed by atoms with Crippen molar-refractivity contribution in [1.82, 2.24) is 10.2 Å². The number of rotatable bonds is 3. The standard InChI is InChI=1S/C17H26N2O2/c1-11(14-7-13(21-4)5-6-16(14)20)19-10-12-8-18-9-15(12)17(19,2)3/h5-7,11-12,15,18,20H,8-10H2,1-4H3. The van der Waals surface area contributed by atoms with E-state index in [1.54, 1.807) is 19.2 Å². The fraction of sp³-hybridized carbons (Fsp3) is 0.647. The molecular formula is C17H26N2O2. The lowest BCUT2D eigenvalue weighted by atomic mass is 9.84. The highest BCUT2D eigenvalue weighted by atomic mass is 16.5. The first-order valence-corrected chi connectivity index (χ1v) is 7.79. The van der Waals surface area contributed by atoms with Crippen LogP contribution in [0.2, 0.25) is 0 Å². The molecule has 2 saturated heterocycles. The maximum atomic E-state index is 10.2. The zero-order valence-electron chi connectivity index (χ0n) is 13.4. The van der Waals surface area contributed by atoms with Gasteiger partial charge in [-0.25, -0.2) is 0 Å². The summed E-state index contributed by atoms with van der Waals surface area (Å²) in [4.78, 5) is 2.54. The summed E-state index contributed by atoms with van der Waals surface area (Å²) in [5.41, 5.74) is 1.10. The van der Waals surface area contributed by atoms with Gasteiger partial charge in [0.15, 0.2) is 0 Å². The van der Waals surface area contributed by atoms with Crippen molar-refractivity contribution in [3.05, 3.63) is 23.8 Å². The third kappa shape index (κ3) is 2.30. The molecule has 2 heterocycles. The molecular weight excluding hydrogens is 264 g/mol. The van der Waals surface area contributed by atoms with Crippen LogP contribution in [0.25, 0.3) is 0 Å². The minimum absolute atomic E-state index is 0.142. The third-order valence-electron chi connectivity index (χ3n) is 5.57. The lowest BCUT2D eigenvalue weighted by Gasteiger charge is -2.40. The second-order valence-corrected chi connectivity index (χ2v) is 6.93. The van der Waals surface area contributed by atoms with Crippen LogP contribution in [0, 0.1) is 11.8 Å². The second-order valence-electron chi connectivity index (χ2n) is 6.93. The van der Waals surface area contributed by atoms with Gasteiger partial charge in [-0.05, 0) is 57.4 Å². The minimum atomic E-state index is 0.142. The smallest absolute Gasteiger partial charge is 0.120 e. The van der Waals surface area contributed by atoms with Crippen LogP contribution in [0.4, 0.5) is 0 Å². The van der Waals surface area contributed by atoms with Crippen molar-refractivity contribution in [3.63, 3.8) is 0 Å². The van der Waals surface area contributed by atoms with Gasteiger partial charge in [-0.2, -0.15) is 0 Å². The molecule has 4 heteroatoms. The molecule has 0 spiro atoms. The molecule has 21 heavy (non-hydrogen) atoms. The largest absolute Gasteiger partial charge is 0.508 e. The molecule has 0 radical (unpaired) electrons. The Kier molecular flexibility index (Phi) is 3.62. The summed E-state index contributed by atoms with van der Waals surface area (Å²) >= 11 is 0. The fourth-order valence-electron chi connectivity index (χ4n) is 4.27. The van der Waals surface area contributed by atoms with Gasteiger partial charge in [0.1, 0.15) is 11.5 Å². The van der Waals surface area contributed by atoms with Gasteiger partial charge in [0.05, 0.1) is 7.11 Å². The second kappa shape index (κ2) is 5.18. The van der Waals surface area contributed by atoms with Gasteiger partial charge in [0.25, 0.3) is 0 Å². The maximum Gasteiger partial charge on any atom is 0.120 e. The molecule has 4 nitrogen and oxygen atoms in total. The van der Waals surface area contributed by atoms with Crippen LogP contribution in [0.15, 0.2) is 18.2 Å². The Balaban J connectivity index is 1.90. The minimum Gasteiger partial charge on any atom is -0.508 e. The van der Waals surface area contributed by atoms with Gasteiger partial charge in [-0.3, -0.25) is 4.90 Å². The molecule has 0 amide bonds. The number of methoxy groups -OCH3 is 1. The summed E-state index contributed by atoms with van der Waals surface area (Å²) in [6, 6.07) is 5.68. The number of hydrogen-bond acceptors (Lipinski definition) is 4. The average molecular weight is 290 g/mol. The van der Waals surface area contributed by atoms with Crippen molar-refractivity contribution in [1.29, 1.82) is 0 Å². The van der Waals surface area contributed by atoms with E-state index in [-0.39, 0.29) is 11.6 Å². The number of ether oxygens (including phenoxy) is 1. The Labute approximate surface area is 127 Å². The molecule has 0 bridgehead atoms. The van der Waals surface area contributed by atoms with E-state index in [2.05, 4.69) is 31.0 Å². The summed E-state index contributed by atoms with van der Waals surface area (Å²) in [5.74, 6) is 2.56. The summed E-state index contributed by atoms with van der Waals surface area (Å²) in [6.07, 6.45) is 0. The average Bonchev–Trinajstić information content (AvgIpc) is 3.01. The Morgan fingerprint density at radius 3 is 2.81 bits per heavy atom. The van der Waals surface area contributed by atoms with Gasteiger partial charge in [0.2, 0.25) is 0 Å². The number of hydrogen-bond donors (Lipinski definition) is 2. The number of phenols is 1. The maximum absolute atomic E-state index is 10.2. The normalized spacial score (nSPS) is 29.3. The van der Waals surface area contributed by atoms with E-state index in [0.29, 0.717) is 11.7 Å². The number of likely N-dealkylation sites (tertiary alicyclic amines) is 1. The van der Waals surface area contributed by atoms with Gasteiger partial charge >= 0.3 is 0 Å². The SMILES string of the molecule is COc1ccc(O)c(C(C)N2CC3CNCC3C2(C)C)c1. The summed E-state index contributed by atoms with van der Waals surface area (Å²) in [6.45, 7) is 10.1. The fourth-order valence-corrected chi connectivity index (χ4v) is 4.27. The van der Waals surface area contributed by atoms with Crippen molar-refractivity contribution in [2.24, 2.45) is 11.8 Å². The van der Waals surface area contributed by atoms with Gasteiger partial charge < -0.3 is 15.2 Å². The Bertz CT molecular complexity index is 530. The van der Waals surface area contributed by atoms with E-state index in [0.717, 1.165) is 36.9 Å². The molecule has 0 saturated carbocycles. The zero-order chi connectivity index (χ0) is 15.2. The van der Waals surface area contributed by atoms with Crippen LogP contribution < -0.4 is 10.1 Å². The predicted molar refractivity (Wildman–Crippen MR) is 83.7 cm³/mol. The predicted octanol–water partition coefficient (Wildman–Crippen LogP) is 2.39. The molecule has 1 aromatic carbocycles. The number of fused-ring (bicyclic) bond motifs is 1.